The van der Waals surface area contributed by atoms with E-state index in [9.17, 15) is 8.42 Å². The van der Waals surface area contributed by atoms with Crippen molar-refractivity contribution in [2.45, 2.75) is 18.1 Å². The van der Waals surface area contributed by atoms with Crippen LogP contribution in [0.4, 0.5) is 5.13 Å². The zero-order valence-electron chi connectivity index (χ0n) is 9.17. The van der Waals surface area contributed by atoms with Crippen LogP contribution in [0.5, 0.6) is 0 Å². The Balaban J connectivity index is 3.14. The smallest absolute Gasteiger partial charge is 0.254 e. The molecule has 0 bridgehead atoms. The topological polar surface area (TPSA) is 96.5 Å². The van der Waals surface area contributed by atoms with Gasteiger partial charge in [-0.2, -0.15) is 4.31 Å². The van der Waals surface area contributed by atoms with E-state index in [1.54, 1.807) is 13.8 Å². The first-order chi connectivity index (χ1) is 7.43. The van der Waals surface area contributed by atoms with Gasteiger partial charge >= 0.3 is 0 Å². The van der Waals surface area contributed by atoms with E-state index in [0.29, 0.717) is 12.2 Å². The molecular weight excluding hydrogens is 250 g/mol. The molecule has 6 nitrogen and oxygen atoms in total. The summed E-state index contributed by atoms with van der Waals surface area (Å²) in [4.78, 5) is 3.88. The van der Waals surface area contributed by atoms with Gasteiger partial charge in [0.2, 0.25) is 0 Å². The van der Waals surface area contributed by atoms with Crippen LogP contribution < -0.4 is 5.73 Å². The van der Waals surface area contributed by atoms with E-state index in [-0.39, 0.29) is 22.5 Å². The van der Waals surface area contributed by atoms with Gasteiger partial charge in [0.25, 0.3) is 10.0 Å². The van der Waals surface area contributed by atoms with Crippen LogP contribution in [0.3, 0.4) is 0 Å². The van der Waals surface area contributed by atoms with E-state index in [2.05, 4.69) is 4.98 Å². The molecule has 16 heavy (non-hydrogen) atoms. The van der Waals surface area contributed by atoms with Gasteiger partial charge in [-0.1, -0.05) is 18.3 Å². The third kappa shape index (κ3) is 2.51. The largest absolute Gasteiger partial charge is 0.395 e. The van der Waals surface area contributed by atoms with Gasteiger partial charge < -0.3 is 10.8 Å². The Morgan fingerprint density at radius 1 is 1.56 bits per heavy atom. The van der Waals surface area contributed by atoms with Crippen molar-refractivity contribution in [2.24, 2.45) is 0 Å². The first-order valence-electron chi connectivity index (χ1n) is 4.77. The molecule has 1 heterocycles. The first-order valence-corrected chi connectivity index (χ1v) is 7.03. The number of thiazole rings is 1. The lowest BCUT2D eigenvalue weighted by Crippen LogP contribution is -2.33. The van der Waals surface area contributed by atoms with Crippen molar-refractivity contribution >= 4 is 26.5 Å². The quantitative estimate of drug-likeness (QED) is 0.783. The summed E-state index contributed by atoms with van der Waals surface area (Å²) >= 11 is 0.946. The second-order valence-electron chi connectivity index (χ2n) is 3.15. The van der Waals surface area contributed by atoms with Crippen LogP contribution in [-0.2, 0) is 10.0 Å². The van der Waals surface area contributed by atoms with Gasteiger partial charge in [-0.15, -0.1) is 0 Å². The number of nitrogen functional groups attached to an aromatic ring is 1. The zero-order chi connectivity index (χ0) is 12.3. The molecule has 8 heteroatoms. The number of sulfonamides is 1. The summed E-state index contributed by atoms with van der Waals surface area (Å²) in [7, 11) is -3.57. The Morgan fingerprint density at radius 3 is 2.56 bits per heavy atom. The van der Waals surface area contributed by atoms with Crippen molar-refractivity contribution in [3.8, 4) is 0 Å². The van der Waals surface area contributed by atoms with Crippen molar-refractivity contribution in [2.75, 3.05) is 25.4 Å². The molecule has 0 atom stereocenters. The highest BCUT2D eigenvalue weighted by Crippen LogP contribution is 2.27. The lowest BCUT2D eigenvalue weighted by Gasteiger charge is -2.18. The minimum atomic E-state index is -3.57. The minimum absolute atomic E-state index is 0.0794. The number of nitrogens with zero attached hydrogens (tertiary/aromatic N) is 2. The molecule has 0 saturated heterocycles. The molecule has 1 aromatic rings. The number of aliphatic hydroxyl groups is 1. The Kier molecular flexibility index (Phi) is 4.25. The maximum atomic E-state index is 12.1. The van der Waals surface area contributed by atoms with E-state index in [1.807, 2.05) is 0 Å². The molecule has 0 saturated carbocycles. The van der Waals surface area contributed by atoms with Gasteiger partial charge in [-0.05, 0) is 6.92 Å². The van der Waals surface area contributed by atoms with Crippen molar-refractivity contribution in [1.29, 1.82) is 0 Å². The van der Waals surface area contributed by atoms with Crippen LogP contribution in [0.1, 0.15) is 12.6 Å². The monoisotopic (exact) mass is 265 g/mol. The third-order valence-corrected chi connectivity index (χ3v) is 5.59. The summed E-state index contributed by atoms with van der Waals surface area (Å²) in [5.41, 5.74) is 5.87. The molecule has 1 aromatic heterocycles. The van der Waals surface area contributed by atoms with Crippen LogP contribution >= 0.6 is 11.3 Å². The summed E-state index contributed by atoms with van der Waals surface area (Å²) in [5, 5.41) is 9.04. The minimum Gasteiger partial charge on any atom is -0.395 e. The van der Waals surface area contributed by atoms with Crippen LogP contribution in [-0.4, -0.2) is 42.5 Å². The SMILES string of the molecule is CCN(CCO)S(=O)(=O)c1sc(N)nc1C. The number of hydrogen-bond donors (Lipinski definition) is 2. The van der Waals surface area contributed by atoms with Crippen molar-refractivity contribution in [3.05, 3.63) is 5.69 Å². The normalized spacial score (nSPS) is 12.2. The summed E-state index contributed by atoms with van der Waals surface area (Å²) in [6.45, 7) is 3.50. The average molecular weight is 265 g/mol. The maximum absolute atomic E-state index is 12.1. The molecule has 0 aliphatic rings. The van der Waals surface area contributed by atoms with E-state index < -0.39 is 10.0 Å². The summed E-state index contributed by atoms with van der Waals surface area (Å²) in [6.07, 6.45) is 0. The van der Waals surface area contributed by atoms with E-state index in [0.717, 1.165) is 11.3 Å². The molecule has 0 aliphatic heterocycles. The highest BCUT2D eigenvalue weighted by molar-refractivity contribution is 7.91. The fourth-order valence-electron chi connectivity index (χ4n) is 1.32. The Hall–Kier alpha value is -0.700. The molecule has 0 aliphatic carbocycles. The van der Waals surface area contributed by atoms with Crippen molar-refractivity contribution in [1.82, 2.24) is 9.29 Å². The number of anilines is 1. The number of likely N-dealkylation sites (N-methyl/N-ethyl adjacent to an activating group) is 1. The summed E-state index contributed by atoms with van der Waals surface area (Å²) in [5.74, 6) is 0. The van der Waals surface area contributed by atoms with Crippen molar-refractivity contribution in [3.63, 3.8) is 0 Å². The zero-order valence-corrected chi connectivity index (χ0v) is 10.8. The molecule has 0 aromatic carbocycles. The van der Waals surface area contributed by atoms with Crippen molar-refractivity contribution < 1.29 is 13.5 Å². The Morgan fingerprint density at radius 2 is 2.19 bits per heavy atom. The van der Waals surface area contributed by atoms with Gasteiger partial charge in [0.1, 0.15) is 0 Å². The predicted octanol–water partition coefficient (Wildman–Crippen LogP) is 0.0366. The number of aliphatic hydroxyl groups excluding tert-OH is 1. The number of nitrogens with two attached hydrogens (primary N) is 1. The standard InChI is InChI=1S/C8H15N3O3S2/c1-3-11(4-5-12)16(13,14)7-6(2)10-8(9)15-7/h12H,3-5H2,1-2H3,(H2,9,10). The number of hydrogen-bond acceptors (Lipinski definition) is 6. The van der Waals surface area contributed by atoms with Gasteiger partial charge in [-0.3, -0.25) is 0 Å². The van der Waals surface area contributed by atoms with Gasteiger partial charge in [-0.25, -0.2) is 13.4 Å². The van der Waals surface area contributed by atoms with Crippen LogP contribution in [0.15, 0.2) is 4.21 Å². The van der Waals surface area contributed by atoms with E-state index in [4.69, 9.17) is 10.8 Å². The number of aryl methyl sites for hydroxylation is 1. The highest BCUT2D eigenvalue weighted by atomic mass is 32.2. The second-order valence-corrected chi connectivity index (χ2v) is 6.31. The molecule has 0 unspecified atom stereocenters. The molecule has 92 valence electrons. The van der Waals surface area contributed by atoms with E-state index >= 15 is 0 Å². The third-order valence-electron chi connectivity index (χ3n) is 2.05. The Bertz CT molecular complexity index is 455. The summed E-state index contributed by atoms with van der Waals surface area (Å²) in [6, 6.07) is 0. The lowest BCUT2D eigenvalue weighted by molar-refractivity contribution is 0.257. The fraction of sp³-hybridized carbons (Fsp3) is 0.625. The van der Waals surface area contributed by atoms with E-state index in [1.165, 1.54) is 4.31 Å². The molecule has 0 amide bonds. The maximum Gasteiger partial charge on any atom is 0.254 e. The highest BCUT2D eigenvalue weighted by Gasteiger charge is 2.27. The van der Waals surface area contributed by atoms with Crippen LogP contribution in [0, 0.1) is 6.92 Å². The molecular formula is C8H15N3O3S2. The van der Waals surface area contributed by atoms with Gasteiger partial charge in [0.05, 0.1) is 12.3 Å². The Labute approximate surface area is 98.8 Å². The average Bonchev–Trinajstić information content (AvgIpc) is 2.54. The van der Waals surface area contributed by atoms with Gasteiger partial charge in [0, 0.05) is 13.1 Å². The molecule has 0 spiro atoms. The number of rotatable bonds is 5. The molecule has 1 rings (SSSR count). The fourth-order valence-corrected chi connectivity index (χ4v) is 4.19. The summed E-state index contributed by atoms with van der Waals surface area (Å²) < 4.78 is 25.6. The van der Waals surface area contributed by atoms with Gasteiger partial charge in [0.15, 0.2) is 9.34 Å². The van der Waals surface area contributed by atoms with Crippen LogP contribution in [0.2, 0.25) is 0 Å². The van der Waals surface area contributed by atoms with Crippen LogP contribution in [0.25, 0.3) is 0 Å². The molecule has 3 N–H and O–H groups in total. The lowest BCUT2D eigenvalue weighted by atomic mass is 10.6. The second kappa shape index (κ2) is 5.09. The predicted molar refractivity (Wildman–Crippen MR) is 62.8 cm³/mol. The molecule has 0 fully saturated rings. The first kappa shape index (κ1) is 13.4. The number of aromatic nitrogens is 1. The molecule has 0 radical (unpaired) electrons.